The van der Waals surface area contributed by atoms with Crippen LogP contribution in [0, 0.1) is 11.6 Å². The number of hydrazine groups is 1. The molecule has 144 valence electrons. The number of carbonyl (C=O) groups is 1. The zero-order chi connectivity index (χ0) is 19.4. The van der Waals surface area contributed by atoms with E-state index in [1.54, 1.807) is 19.2 Å². The highest BCUT2D eigenvalue weighted by Crippen LogP contribution is 2.31. The summed E-state index contributed by atoms with van der Waals surface area (Å²) in [7, 11) is 0. The van der Waals surface area contributed by atoms with Crippen LogP contribution in [0.25, 0.3) is 0 Å². The first-order valence-electron chi connectivity index (χ1n) is 8.22. The average molecular weight is 379 g/mol. The van der Waals surface area contributed by atoms with Crippen LogP contribution < -0.4 is 15.8 Å². The Hall–Kier alpha value is -2.98. The summed E-state index contributed by atoms with van der Waals surface area (Å²) in [6.07, 6.45) is 5.35. The molecule has 1 amide bonds. The fourth-order valence-corrected chi connectivity index (χ4v) is 2.67. The molecule has 0 spiro atoms. The van der Waals surface area contributed by atoms with Crippen LogP contribution in [0.4, 0.5) is 25.0 Å². The molecule has 0 aliphatic carbocycles. The lowest BCUT2D eigenvalue weighted by molar-refractivity contribution is 0.185. The highest BCUT2D eigenvalue weighted by atomic mass is 19.1. The quantitative estimate of drug-likeness (QED) is 0.638. The van der Waals surface area contributed by atoms with E-state index in [4.69, 9.17) is 15.3 Å². The molecule has 1 saturated heterocycles. The van der Waals surface area contributed by atoms with Gasteiger partial charge in [-0.05, 0) is 6.92 Å². The average Bonchev–Trinajstić information content (AvgIpc) is 2.80. The second-order valence-electron chi connectivity index (χ2n) is 5.73. The Bertz CT molecular complexity index is 789. The topological polar surface area (TPSA) is 83.6 Å². The first-order chi connectivity index (χ1) is 13.0. The SMILES string of the molecule is C/C=C\N(N)/C=C1/CN(c2cc(F)c(N3CCOCC=N3)c(F)c2)C(=O)O1. The van der Waals surface area contributed by atoms with Gasteiger partial charge in [-0.25, -0.2) is 19.4 Å². The maximum Gasteiger partial charge on any atom is 0.419 e. The zero-order valence-corrected chi connectivity index (χ0v) is 14.6. The number of hydrazone groups is 1. The lowest BCUT2D eigenvalue weighted by atomic mass is 10.2. The Kier molecular flexibility index (Phi) is 5.67. The van der Waals surface area contributed by atoms with Crippen molar-refractivity contribution in [2.75, 3.05) is 36.2 Å². The molecule has 0 saturated carbocycles. The number of rotatable bonds is 4. The summed E-state index contributed by atoms with van der Waals surface area (Å²) >= 11 is 0. The van der Waals surface area contributed by atoms with E-state index in [9.17, 15) is 13.6 Å². The Balaban J connectivity index is 1.84. The van der Waals surface area contributed by atoms with Crippen LogP contribution in [0.1, 0.15) is 6.92 Å². The molecule has 3 rings (SSSR count). The first-order valence-corrected chi connectivity index (χ1v) is 8.22. The number of halogens is 2. The van der Waals surface area contributed by atoms with Gasteiger partial charge in [-0.1, -0.05) is 6.08 Å². The predicted molar refractivity (Wildman–Crippen MR) is 95.8 cm³/mol. The van der Waals surface area contributed by atoms with E-state index < -0.39 is 17.7 Å². The summed E-state index contributed by atoms with van der Waals surface area (Å²) in [5.41, 5.74) is -0.267. The predicted octanol–water partition coefficient (Wildman–Crippen LogP) is 2.29. The number of ether oxygens (including phenoxy) is 2. The van der Waals surface area contributed by atoms with Crippen LogP contribution >= 0.6 is 0 Å². The zero-order valence-electron chi connectivity index (χ0n) is 14.6. The number of benzene rings is 1. The number of allylic oxidation sites excluding steroid dienone is 1. The molecule has 2 aliphatic heterocycles. The maximum atomic E-state index is 14.6. The molecule has 0 radical (unpaired) electrons. The van der Waals surface area contributed by atoms with Gasteiger partial charge in [0.15, 0.2) is 11.6 Å². The molecule has 1 fully saturated rings. The molecule has 0 bridgehead atoms. The van der Waals surface area contributed by atoms with Crippen molar-refractivity contribution in [2.24, 2.45) is 10.9 Å². The highest BCUT2D eigenvalue weighted by molar-refractivity contribution is 5.91. The smallest absolute Gasteiger partial charge is 0.411 e. The number of anilines is 2. The number of carbonyl (C=O) groups excluding carboxylic acids is 1. The molecular weight excluding hydrogens is 360 g/mol. The van der Waals surface area contributed by atoms with Crippen molar-refractivity contribution < 1.29 is 23.0 Å². The standard InChI is InChI=1S/C17H19F2N5O3/c1-2-4-22(20)10-13-11-23(17(25)27-13)12-8-14(18)16(15(19)9-12)24-5-7-26-6-3-21-24/h2-4,8-10H,5-7,11,20H2,1H3/b4-2-,13-10-. The molecule has 0 aromatic heterocycles. The van der Waals surface area contributed by atoms with Gasteiger partial charge < -0.3 is 9.47 Å². The fraction of sp³-hybridized carbons (Fsp3) is 0.294. The molecule has 27 heavy (non-hydrogen) atoms. The molecule has 0 unspecified atom stereocenters. The first kappa shape index (κ1) is 18.8. The molecule has 2 aliphatic rings. The largest absolute Gasteiger partial charge is 0.419 e. The van der Waals surface area contributed by atoms with Gasteiger partial charge in [0.25, 0.3) is 0 Å². The van der Waals surface area contributed by atoms with Crippen molar-refractivity contribution in [1.82, 2.24) is 5.01 Å². The molecule has 10 heteroatoms. The van der Waals surface area contributed by atoms with Gasteiger partial charge in [-0.2, -0.15) is 5.10 Å². The Morgan fingerprint density at radius 3 is 2.78 bits per heavy atom. The molecule has 1 aromatic carbocycles. The number of cyclic esters (lactones) is 1. The van der Waals surface area contributed by atoms with Gasteiger partial charge in [0, 0.05) is 18.3 Å². The molecule has 2 heterocycles. The van der Waals surface area contributed by atoms with Crippen LogP contribution in [0.3, 0.4) is 0 Å². The molecule has 2 N–H and O–H groups in total. The van der Waals surface area contributed by atoms with Gasteiger partial charge in [0.1, 0.15) is 11.4 Å². The van der Waals surface area contributed by atoms with Crippen molar-refractivity contribution in [3.05, 3.63) is 48.0 Å². The Morgan fingerprint density at radius 2 is 2.07 bits per heavy atom. The summed E-state index contributed by atoms with van der Waals surface area (Å²) in [6.45, 7) is 2.55. The third kappa shape index (κ3) is 4.23. The van der Waals surface area contributed by atoms with Crippen molar-refractivity contribution >= 4 is 23.7 Å². The third-order valence-corrected chi connectivity index (χ3v) is 3.80. The molecule has 1 aromatic rings. The van der Waals surface area contributed by atoms with Gasteiger partial charge in [0.05, 0.1) is 44.4 Å². The second kappa shape index (κ2) is 8.14. The van der Waals surface area contributed by atoms with Gasteiger partial charge >= 0.3 is 6.09 Å². The van der Waals surface area contributed by atoms with E-state index in [2.05, 4.69) is 5.10 Å². The summed E-state index contributed by atoms with van der Waals surface area (Å²) in [5, 5.41) is 6.39. The van der Waals surface area contributed by atoms with Crippen LogP contribution in [-0.2, 0) is 9.47 Å². The lowest BCUT2D eigenvalue weighted by Crippen LogP contribution is -2.25. The van der Waals surface area contributed by atoms with Crippen molar-refractivity contribution in [3.63, 3.8) is 0 Å². The lowest BCUT2D eigenvalue weighted by Gasteiger charge is -2.20. The van der Waals surface area contributed by atoms with Crippen LogP contribution in [0.2, 0.25) is 0 Å². The maximum absolute atomic E-state index is 14.6. The Labute approximate surface area is 154 Å². The van der Waals surface area contributed by atoms with Crippen molar-refractivity contribution in [3.8, 4) is 0 Å². The molecule has 8 nitrogen and oxygen atoms in total. The minimum Gasteiger partial charge on any atom is -0.411 e. The number of amides is 1. The summed E-state index contributed by atoms with van der Waals surface area (Å²) in [6, 6.07) is 2.13. The van der Waals surface area contributed by atoms with E-state index in [1.165, 1.54) is 22.4 Å². The van der Waals surface area contributed by atoms with E-state index in [0.717, 1.165) is 17.0 Å². The van der Waals surface area contributed by atoms with Gasteiger partial charge in [0.2, 0.25) is 0 Å². The normalized spacial score (nSPS) is 19.1. The number of hydrogen-bond acceptors (Lipinski definition) is 7. The van der Waals surface area contributed by atoms with E-state index >= 15 is 0 Å². The monoisotopic (exact) mass is 379 g/mol. The highest BCUT2D eigenvalue weighted by Gasteiger charge is 2.30. The number of nitrogens with zero attached hydrogens (tertiary/aromatic N) is 4. The molecular formula is C17H19F2N5O3. The van der Waals surface area contributed by atoms with E-state index in [-0.39, 0.29) is 43.4 Å². The van der Waals surface area contributed by atoms with E-state index in [1.807, 2.05) is 0 Å². The number of nitrogens with two attached hydrogens (primary N) is 1. The van der Waals surface area contributed by atoms with Gasteiger partial charge in [-0.3, -0.25) is 14.9 Å². The van der Waals surface area contributed by atoms with Crippen molar-refractivity contribution in [1.29, 1.82) is 0 Å². The fourth-order valence-electron chi connectivity index (χ4n) is 2.67. The summed E-state index contributed by atoms with van der Waals surface area (Å²) < 4.78 is 39.4. The second-order valence-corrected chi connectivity index (χ2v) is 5.73. The van der Waals surface area contributed by atoms with Crippen LogP contribution in [-0.4, -0.2) is 43.6 Å². The van der Waals surface area contributed by atoms with Gasteiger partial charge in [-0.15, -0.1) is 0 Å². The summed E-state index contributed by atoms with van der Waals surface area (Å²) in [5.74, 6) is 4.23. The van der Waals surface area contributed by atoms with E-state index in [0.29, 0.717) is 0 Å². The third-order valence-electron chi connectivity index (χ3n) is 3.80. The minimum atomic E-state index is -0.844. The molecule has 0 atom stereocenters. The minimum absolute atomic E-state index is 0.00196. The summed E-state index contributed by atoms with van der Waals surface area (Å²) in [4.78, 5) is 13.2. The number of hydrogen-bond donors (Lipinski definition) is 1. The van der Waals surface area contributed by atoms with Crippen molar-refractivity contribution in [2.45, 2.75) is 6.92 Å². The van der Waals surface area contributed by atoms with Crippen LogP contribution in [0.15, 0.2) is 41.5 Å². The van der Waals surface area contributed by atoms with Crippen LogP contribution in [0.5, 0.6) is 0 Å². The Morgan fingerprint density at radius 1 is 1.33 bits per heavy atom.